The van der Waals surface area contributed by atoms with E-state index < -0.39 is 0 Å². The summed E-state index contributed by atoms with van der Waals surface area (Å²) in [5.74, 6) is -0.836. The number of hydrogen-bond donors (Lipinski definition) is 2. The van der Waals surface area contributed by atoms with Crippen molar-refractivity contribution in [3.05, 3.63) is 46.8 Å². The number of methoxy groups -OCH3 is 1. The van der Waals surface area contributed by atoms with E-state index in [1.165, 1.54) is 12.0 Å². The number of hydrogen-bond acceptors (Lipinski definition) is 7. The van der Waals surface area contributed by atoms with Gasteiger partial charge in [-0.15, -0.1) is 0 Å². The number of allylic oxidation sites excluding steroid dienone is 2. The zero-order valence-corrected chi connectivity index (χ0v) is 16.3. The average Bonchev–Trinajstić information content (AvgIpc) is 2.72. The number of fused-ring (bicyclic) bond motifs is 1. The summed E-state index contributed by atoms with van der Waals surface area (Å²) in [5.41, 5.74) is 0.914. The number of nitrogens with zero attached hydrogens (tertiary/aromatic N) is 2. The van der Waals surface area contributed by atoms with E-state index in [2.05, 4.69) is 10.6 Å². The summed E-state index contributed by atoms with van der Waals surface area (Å²) in [6, 6.07) is 6.69. The van der Waals surface area contributed by atoms with Gasteiger partial charge in [-0.2, -0.15) is 0 Å². The van der Waals surface area contributed by atoms with E-state index >= 15 is 0 Å². The standard InChI is InChI=1S/C20H26N4O4/c1-21-17-18(20(27)15-6-4-3-5-14(15)19(17)26)24(11-12-28-2)16(25)13-23-9-7-22-8-10-23/h3-6,21-22H,7-13H2,1-2H3. The molecule has 150 valence electrons. The van der Waals surface area contributed by atoms with Gasteiger partial charge in [0, 0.05) is 58.0 Å². The molecule has 0 atom stereocenters. The molecule has 8 nitrogen and oxygen atoms in total. The van der Waals surface area contributed by atoms with Gasteiger partial charge in [-0.1, -0.05) is 24.3 Å². The molecule has 0 spiro atoms. The summed E-state index contributed by atoms with van der Waals surface area (Å²) in [6.07, 6.45) is 0. The third-order valence-electron chi connectivity index (χ3n) is 5.00. The van der Waals surface area contributed by atoms with Crippen LogP contribution in [0, 0.1) is 0 Å². The second-order valence-corrected chi connectivity index (χ2v) is 6.74. The molecule has 1 amide bonds. The van der Waals surface area contributed by atoms with Crippen LogP contribution in [-0.4, -0.2) is 87.3 Å². The Balaban J connectivity index is 1.96. The van der Waals surface area contributed by atoms with Crippen LogP contribution in [-0.2, 0) is 9.53 Å². The van der Waals surface area contributed by atoms with Crippen LogP contribution >= 0.6 is 0 Å². The number of ketones is 2. The topological polar surface area (TPSA) is 91.0 Å². The van der Waals surface area contributed by atoms with Crippen LogP contribution in [0.4, 0.5) is 0 Å². The van der Waals surface area contributed by atoms with Crippen molar-refractivity contribution < 1.29 is 19.1 Å². The molecule has 3 rings (SSSR count). The molecular weight excluding hydrogens is 360 g/mol. The largest absolute Gasteiger partial charge is 0.383 e. The molecule has 0 saturated carbocycles. The van der Waals surface area contributed by atoms with E-state index in [0.29, 0.717) is 11.1 Å². The third kappa shape index (κ3) is 3.99. The highest BCUT2D eigenvalue weighted by Gasteiger charge is 2.37. The zero-order chi connectivity index (χ0) is 20.1. The fraction of sp³-hybridized carbons (Fsp3) is 0.450. The highest BCUT2D eigenvalue weighted by molar-refractivity contribution is 6.27. The number of rotatable bonds is 7. The molecular formula is C20H26N4O4. The summed E-state index contributed by atoms with van der Waals surface area (Å²) in [7, 11) is 3.12. The maximum atomic E-state index is 13.2. The lowest BCUT2D eigenvalue weighted by atomic mass is 9.89. The molecule has 1 heterocycles. The minimum atomic E-state index is -0.329. The molecule has 1 aromatic carbocycles. The minimum Gasteiger partial charge on any atom is -0.383 e. The fourth-order valence-corrected chi connectivity index (χ4v) is 3.54. The second-order valence-electron chi connectivity index (χ2n) is 6.74. The van der Waals surface area contributed by atoms with Crippen molar-refractivity contribution in [3.63, 3.8) is 0 Å². The lowest BCUT2D eigenvalue weighted by molar-refractivity contribution is -0.131. The first kappa shape index (κ1) is 20.2. The number of carbonyl (C=O) groups excluding carboxylic acids is 3. The van der Waals surface area contributed by atoms with Crippen LogP contribution in [0.5, 0.6) is 0 Å². The fourth-order valence-electron chi connectivity index (χ4n) is 3.54. The summed E-state index contributed by atoms with van der Waals surface area (Å²) in [6.45, 7) is 3.81. The number of likely N-dealkylation sites (N-methyl/N-ethyl adjacent to an activating group) is 1. The predicted molar refractivity (Wildman–Crippen MR) is 104 cm³/mol. The highest BCUT2D eigenvalue weighted by atomic mass is 16.5. The number of nitrogens with one attached hydrogen (secondary N) is 2. The van der Waals surface area contributed by atoms with Crippen LogP contribution in [0.3, 0.4) is 0 Å². The van der Waals surface area contributed by atoms with E-state index in [4.69, 9.17) is 4.74 Å². The number of piperazine rings is 1. The molecule has 28 heavy (non-hydrogen) atoms. The van der Waals surface area contributed by atoms with Crippen molar-refractivity contribution >= 4 is 17.5 Å². The minimum absolute atomic E-state index is 0.100. The van der Waals surface area contributed by atoms with Gasteiger partial charge in [0.05, 0.1) is 13.2 Å². The molecule has 1 fully saturated rings. The second kappa shape index (κ2) is 9.09. The maximum absolute atomic E-state index is 13.2. The summed E-state index contributed by atoms with van der Waals surface area (Å²) >= 11 is 0. The molecule has 0 bridgehead atoms. The van der Waals surface area contributed by atoms with Gasteiger partial charge < -0.3 is 20.3 Å². The predicted octanol–water partition coefficient (Wildman–Crippen LogP) is -0.123. The Kier molecular flexibility index (Phi) is 6.56. The number of Topliss-reactive ketones (excluding diaryl/α,β-unsaturated/α-hetero) is 2. The smallest absolute Gasteiger partial charge is 0.241 e. The van der Waals surface area contributed by atoms with Crippen molar-refractivity contribution in [2.24, 2.45) is 0 Å². The number of ether oxygens (including phenoxy) is 1. The van der Waals surface area contributed by atoms with Crippen LogP contribution in [0.25, 0.3) is 0 Å². The van der Waals surface area contributed by atoms with Crippen molar-refractivity contribution in [2.45, 2.75) is 0 Å². The molecule has 1 aromatic rings. The van der Waals surface area contributed by atoms with Crippen molar-refractivity contribution in [1.82, 2.24) is 20.4 Å². The van der Waals surface area contributed by atoms with E-state index in [1.54, 1.807) is 31.3 Å². The molecule has 0 radical (unpaired) electrons. The summed E-state index contributed by atoms with van der Waals surface area (Å²) < 4.78 is 5.15. The first-order valence-electron chi connectivity index (χ1n) is 9.41. The molecule has 0 unspecified atom stereocenters. The monoisotopic (exact) mass is 386 g/mol. The zero-order valence-electron chi connectivity index (χ0n) is 16.3. The van der Waals surface area contributed by atoms with E-state index in [-0.39, 0.29) is 48.6 Å². The lowest BCUT2D eigenvalue weighted by Gasteiger charge is -2.32. The van der Waals surface area contributed by atoms with E-state index in [9.17, 15) is 14.4 Å². The molecule has 1 aliphatic carbocycles. The average molecular weight is 386 g/mol. The molecule has 1 aliphatic heterocycles. The quantitative estimate of drug-likeness (QED) is 0.675. The normalized spacial score (nSPS) is 17.5. The molecule has 2 aliphatic rings. The Morgan fingerprint density at radius 3 is 2.43 bits per heavy atom. The van der Waals surface area contributed by atoms with Crippen LogP contribution < -0.4 is 10.6 Å². The Morgan fingerprint density at radius 1 is 1.18 bits per heavy atom. The number of amides is 1. The Morgan fingerprint density at radius 2 is 1.82 bits per heavy atom. The van der Waals surface area contributed by atoms with E-state index in [0.717, 1.165) is 26.2 Å². The Bertz CT molecular complexity index is 799. The Labute approximate surface area is 164 Å². The van der Waals surface area contributed by atoms with Gasteiger partial charge in [-0.25, -0.2) is 0 Å². The number of carbonyl (C=O) groups is 3. The van der Waals surface area contributed by atoms with Gasteiger partial charge >= 0.3 is 0 Å². The number of benzene rings is 1. The molecule has 0 aromatic heterocycles. The van der Waals surface area contributed by atoms with Crippen molar-refractivity contribution in [3.8, 4) is 0 Å². The van der Waals surface area contributed by atoms with Gasteiger partial charge in [-0.3, -0.25) is 19.3 Å². The summed E-state index contributed by atoms with van der Waals surface area (Å²) in [5, 5.41) is 6.09. The highest BCUT2D eigenvalue weighted by Crippen LogP contribution is 2.27. The first-order valence-corrected chi connectivity index (χ1v) is 9.41. The first-order chi connectivity index (χ1) is 13.6. The van der Waals surface area contributed by atoms with E-state index in [1.807, 2.05) is 4.90 Å². The van der Waals surface area contributed by atoms with Crippen LogP contribution in [0.2, 0.25) is 0 Å². The van der Waals surface area contributed by atoms with Crippen LogP contribution in [0.15, 0.2) is 35.7 Å². The van der Waals surface area contributed by atoms with Crippen molar-refractivity contribution in [1.29, 1.82) is 0 Å². The molecule has 2 N–H and O–H groups in total. The van der Waals surface area contributed by atoms with Gasteiger partial charge in [-0.05, 0) is 0 Å². The van der Waals surface area contributed by atoms with Gasteiger partial charge in [0.2, 0.25) is 17.5 Å². The van der Waals surface area contributed by atoms with Gasteiger partial charge in [0.15, 0.2) is 0 Å². The van der Waals surface area contributed by atoms with Crippen molar-refractivity contribution in [2.75, 3.05) is 60.0 Å². The Hall–Kier alpha value is -2.55. The lowest BCUT2D eigenvalue weighted by Crippen LogP contribution is -2.50. The van der Waals surface area contributed by atoms with Gasteiger partial charge in [0.1, 0.15) is 11.4 Å². The molecule has 1 saturated heterocycles. The maximum Gasteiger partial charge on any atom is 0.241 e. The molecule has 8 heteroatoms. The van der Waals surface area contributed by atoms with Gasteiger partial charge in [0.25, 0.3) is 0 Å². The SMILES string of the molecule is CNC1=C(N(CCOC)C(=O)CN2CCNCC2)C(=O)c2ccccc2C1=O. The van der Waals surface area contributed by atoms with Crippen LogP contribution in [0.1, 0.15) is 20.7 Å². The third-order valence-corrected chi connectivity index (χ3v) is 5.00. The summed E-state index contributed by atoms with van der Waals surface area (Å²) in [4.78, 5) is 42.7.